The monoisotopic (exact) mass is 581 g/mol. The highest BCUT2D eigenvalue weighted by molar-refractivity contribution is 6.01. The number of rotatable bonds is 3. The number of aryl methyl sites for hydroxylation is 1. The molecule has 2 atom stereocenters. The van der Waals surface area contributed by atoms with Gasteiger partial charge in [0.05, 0.1) is 5.54 Å². The molecule has 2 aromatic heterocycles. The van der Waals surface area contributed by atoms with Crippen molar-refractivity contribution in [1.82, 2.24) is 30.4 Å². The van der Waals surface area contributed by atoms with E-state index in [2.05, 4.69) is 42.1 Å². The number of hydrogen-bond acceptors (Lipinski definition) is 8. The van der Waals surface area contributed by atoms with Crippen LogP contribution in [0.15, 0.2) is 24.3 Å². The molecule has 7 heterocycles. The Bertz CT molecular complexity index is 1830. The Kier molecular flexibility index (Phi) is 6.24. The zero-order valence-electron chi connectivity index (χ0n) is 24.1. The van der Waals surface area contributed by atoms with Crippen molar-refractivity contribution < 1.29 is 13.9 Å². The van der Waals surface area contributed by atoms with Gasteiger partial charge in [-0.1, -0.05) is 18.9 Å². The lowest BCUT2D eigenvalue weighted by molar-refractivity contribution is 0.261. The molecular weight excluding hydrogens is 548 g/mol. The van der Waals surface area contributed by atoms with Gasteiger partial charge in [0.1, 0.15) is 22.8 Å². The van der Waals surface area contributed by atoms with Crippen LogP contribution in [0.4, 0.5) is 14.6 Å². The molecule has 2 bridgehead atoms. The van der Waals surface area contributed by atoms with Gasteiger partial charge in [0.15, 0.2) is 17.2 Å². The molecule has 0 radical (unpaired) electrons. The molecule has 0 aliphatic carbocycles. The van der Waals surface area contributed by atoms with Gasteiger partial charge in [-0.15, -0.1) is 10.2 Å². The van der Waals surface area contributed by atoms with Crippen molar-refractivity contribution in [3.8, 4) is 28.8 Å². The first-order chi connectivity index (χ1) is 20.9. The second-order valence-corrected chi connectivity index (χ2v) is 12.4. The number of aromatic hydroxyl groups is 1. The molecule has 5 aliphatic rings. The summed E-state index contributed by atoms with van der Waals surface area (Å²) in [5.74, 6) is 6.44. The van der Waals surface area contributed by atoms with Crippen LogP contribution in [0, 0.1) is 23.5 Å². The van der Waals surface area contributed by atoms with Crippen molar-refractivity contribution in [1.29, 1.82) is 0 Å². The highest BCUT2D eigenvalue weighted by atomic mass is 19.1. The van der Waals surface area contributed by atoms with E-state index in [1.165, 1.54) is 12.1 Å². The Morgan fingerprint density at radius 3 is 2.63 bits per heavy atom. The molecule has 0 saturated carbocycles. The van der Waals surface area contributed by atoms with Gasteiger partial charge in [-0.05, 0) is 98.5 Å². The first-order valence-electron chi connectivity index (χ1n) is 15.4. The maximum atomic E-state index is 16.8. The maximum Gasteiger partial charge on any atom is 0.207 e. The number of nitrogens with one attached hydrogen (secondary N) is 1. The van der Waals surface area contributed by atoms with E-state index < -0.39 is 5.82 Å². The number of anilines is 1. The zero-order chi connectivity index (χ0) is 29.3. The lowest BCUT2D eigenvalue weighted by Gasteiger charge is -2.46. The summed E-state index contributed by atoms with van der Waals surface area (Å²) in [5.41, 5.74) is 0.777. The van der Waals surface area contributed by atoms with Gasteiger partial charge in [0, 0.05) is 30.7 Å². The first kappa shape index (κ1) is 26.7. The van der Waals surface area contributed by atoms with Crippen LogP contribution >= 0.6 is 0 Å². The number of piperidine rings is 2. The minimum Gasteiger partial charge on any atom is -0.508 e. The second-order valence-electron chi connectivity index (χ2n) is 12.4. The van der Waals surface area contributed by atoms with E-state index in [0.29, 0.717) is 34.6 Å². The third-order valence-corrected chi connectivity index (χ3v) is 9.96. The van der Waals surface area contributed by atoms with Crippen LogP contribution in [-0.4, -0.2) is 74.0 Å². The standard InChI is InChI=1S/C33H33F2N7O/c1-2-23-25(34)8-5-19-15-22(43)16-24(27(19)23)29-28(35)30-31(40-39-29)32(42-18-20-6-7-21(42)17-36-20)38-26(37-30)9-12-33-10-3-13-41(33)14-4-11-33/h5,8,15-16,20-21,36,43H,2-4,6-7,10-11,13-14,17-18H2,1H3/t20-,21-/m1/s1. The summed E-state index contributed by atoms with van der Waals surface area (Å²) in [4.78, 5) is 14.2. The summed E-state index contributed by atoms with van der Waals surface area (Å²) in [6.07, 6.45) is 6.76. The molecule has 4 aromatic rings. The highest BCUT2D eigenvalue weighted by Crippen LogP contribution is 2.40. The molecular formula is C33H33F2N7O. The number of phenols is 1. The van der Waals surface area contributed by atoms with E-state index in [9.17, 15) is 9.50 Å². The summed E-state index contributed by atoms with van der Waals surface area (Å²) < 4.78 is 31.7. The SMILES string of the molecule is CCc1c(F)ccc2cc(O)cc(-c3nnc4c(N5C[C@H]6CC[C@@H]5CN6)nc(C#CC56CCCN5CCC6)nc4c3F)c12. The molecule has 8 nitrogen and oxygen atoms in total. The van der Waals surface area contributed by atoms with Crippen LogP contribution in [0.2, 0.25) is 0 Å². The van der Waals surface area contributed by atoms with Crippen LogP contribution < -0.4 is 10.2 Å². The van der Waals surface area contributed by atoms with Gasteiger partial charge in [0.25, 0.3) is 0 Å². The number of hydrogen-bond donors (Lipinski definition) is 2. The summed E-state index contributed by atoms with van der Waals surface area (Å²) in [5, 5.41) is 24.1. The molecule has 2 aromatic carbocycles. The minimum atomic E-state index is -0.684. The van der Waals surface area contributed by atoms with Crippen LogP contribution in [0.5, 0.6) is 5.75 Å². The van der Waals surface area contributed by atoms with E-state index in [-0.39, 0.29) is 51.3 Å². The Balaban J connectivity index is 1.34. The number of benzene rings is 2. The smallest absolute Gasteiger partial charge is 0.207 e. The lowest BCUT2D eigenvalue weighted by atomic mass is 9.93. The van der Waals surface area contributed by atoms with Crippen molar-refractivity contribution in [2.75, 3.05) is 31.1 Å². The quantitative estimate of drug-likeness (QED) is 0.337. The molecule has 0 amide bonds. The van der Waals surface area contributed by atoms with Crippen molar-refractivity contribution in [3.05, 3.63) is 47.3 Å². The van der Waals surface area contributed by atoms with Crippen molar-refractivity contribution in [2.24, 2.45) is 0 Å². The fourth-order valence-electron chi connectivity index (χ4n) is 7.86. The van der Waals surface area contributed by atoms with Crippen molar-refractivity contribution in [3.63, 3.8) is 0 Å². The number of nitrogens with zero attached hydrogens (tertiary/aromatic N) is 6. The van der Waals surface area contributed by atoms with Crippen LogP contribution in [0.25, 0.3) is 33.1 Å². The highest BCUT2D eigenvalue weighted by Gasteiger charge is 2.43. The fourth-order valence-corrected chi connectivity index (χ4v) is 7.86. The van der Waals surface area contributed by atoms with E-state index in [4.69, 9.17) is 4.98 Å². The Morgan fingerprint density at radius 2 is 1.91 bits per heavy atom. The number of aromatic nitrogens is 4. The predicted molar refractivity (Wildman–Crippen MR) is 161 cm³/mol. The van der Waals surface area contributed by atoms with Gasteiger partial charge in [-0.25, -0.2) is 18.7 Å². The van der Waals surface area contributed by atoms with Crippen molar-refractivity contribution >= 4 is 27.6 Å². The summed E-state index contributed by atoms with van der Waals surface area (Å²) >= 11 is 0. The van der Waals surface area contributed by atoms with Gasteiger partial charge in [-0.3, -0.25) is 4.90 Å². The molecule has 0 unspecified atom stereocenters. The van der Waals surface area contributed by atoms with Gasteiger partial charge < -0.3 is 15.3 Å². The Labute approximate surface area is 248 Å². The second kappa shape index (κ2) is 10.1. The summed E-state index contributed by atoms with van der Waals surface area (Å²) in [6.45, 7) is 5.51. The molecule has 5 fully saturated rings. The molecule has 5 aliphatic heterocycles. The van der Waals surface area contributed by atoms with Crippen LogP contribution in [-0.2, 0) is 6.42 Å². The molecule has 9 rings (SSSR count). The van der Waals surface area contributed by atoms with Crippen molar-refractivity contribution in [2.45, 2.75) is 69.5 Å². The predicted octanol–water partition coefficient (Wildman–Crippen LogP) is 4.71. The van der Waals surface area contributed by atoms with E-state index in [1.807, 2.05) is 6.92 Å². The lowest BCUT2D eigenvalue weighted by Crippen LogP contribution is -2.61. The first-order valence-corrected chi connectivity index (χ1v) is 15.4. The van der Waals surface area contributed by atoms with Crippen LogP contribution in [0.1, 0.15) is 56.8 Å². The van der Waals surface area contributed by atoms with E-state index >= 15 is 4.39 Å². The largest absolute Gasteiger partial charge is 0.508 e. The number of fused-ring (bicyclic) bond motifs is 6. The molecule has 43 heavy (non-hydrogen) atoms. The van der Waals surface area contributed by atoms with Crippen LogP contribution in [0.3, 0.4) is 0 Å². The minimum absolute atomic E-state index is 0.0341. The fraction of sp³-hybridized carbons (Fsp3) is 0.455. The number of piperazine rings is 1. The molecule has 220 valence electrons. The number of halogens is 2. The number of phenolic OH excluding ortho intramolecular Hbond substituents is 1. The third-order valence-electron chi connectivity index (χ3n) is 9.96. The molecule has 0 spiro atoms. The normalized spacial score (nSPS) is 22.7. The average molecular weight is 582 g/mol. The average Bonchev–Trinajstić information content (AvgIpc) is 3.61. The topological polar surface area (TPSA) is 90.3 Å². The molecule has 10 heteroatoms. The summed E-state index contributed by atoms with van der Waals surface area (Å²) in [6, 6.07) is 6.46. The Morgan fingerprint density at radius 1 is 1.07 bits per heavy atom. The van der Waals surface area contributed by atoms with E-state index in [1.54, 1.807) is 12.1 Å². The molecule has 2 N–H and O–H groups in total. The maximum absolute atomic E-state index is 16.8. The molecule has 5 saturated heterocycles. The van der Waals surface area contributed by atoms with Gasteiger partial charge >= 0.3 is 0 Å². The van der Waals surface area contributed by atoms with Gasteiger partial charge in [0.2, 0.25) is 5.82 Å². The Hall–Kier alpha value is -3.94. The summed E-state index contributed by atoms with van der Waals surface area (Å²) in [7, 11) is 0. The van der Waals surface area contributed by atoms with E-state index in [0.717, 1.165) is 64.7 Å². The third kappa shape index (κ3) is 4.24. The zero-order valence-corrected chi connectivity index (χ0v) is 24.1. The van der Waals surface area contributed by atoms with Gasteiger partial charge in [-0.2, -0.15) is 0 Å².